The van der Waals surface area contributed by atoms with Crippen molar-refractivity contribution in [1.29, 1.82) is 0 Å². The lowest BCUT2D eigenvalue weighted by molar-refractivity contribution is 0.0693. The van der Waals surface area contributed by atoms with Crippen molar-refractivity contribution in [3.63, 3.8) is 0 Å². The van der Waals surface area contributed by atoms with Gasteiger partial charge in [-0.25, -0.2) is 4.79 Å². The van der Waals surface area contributed by atoms with Crippen molar-refractivity contribution < 1.29 is 9.90 Å². The minimum Gasteiger partial charge on any atom is -0.478 e. The highest BCUT2D eigenvalue weighted by atomic mass is 32.1. The van der Waals surface area contributed by atoms with Gasteiger partial charge in [-0.15, -0.1) is 12.6 Å². The number of hydrogen-bond donors (Lipinski definition) is 2. The van der Waals surface area contributed by atoms with E-state index >= 15 is 0 Å². The molecule has 0 saturated heterocycles. The zero-order valence-corrected chi connectivity index (χ0v) is 7.85. The van der Waals surface area contributed by atoms with Gasteiger partial charge in [0.05, 0.1) is 5.56 Å². The standard InChI is InChI=1S/C9H10O2S/c1-5-3-7(9(10)11)8(12)4-6(5)2/h3-4,12H,1-2H3,(H,10,11). The molecule has 0 heterocycles. The summed E-state index contributed by atoms with van der Waals surface area (Å²) in [4.78, 5) is 11.2. The molecule has 0 fully saturated rings. The summed E-state index contributed by atoms with van der Waals surface area (Å²) >= 11 is 4.07. The van der Waals surface area contributed by atoms with Crippen LogP contribution in [0.5, 0.6) is 0 Å². The van der Waals surface area contributed by atoms with Crippen LogP contribution in [0.25, 0.3) is 0 Å². The topological polar surface area (TPSA) is 37.3 Å². The predicted octanol–water partition coefficient (Wildman–Crippen LogP) is 2.29. The van der Waals surface area contributed by atoms with E-state index < -0.39 is 5.97 Å². The molecule has 1 rings (SSSR count). The molecule has 0 aliphatic heterocycles. The highest BCUT2D eigenvalue weighted by Gasteiger charge is 2.08. The Bertz CT molecular complexity index is 332. The van der Waals surface area contributed by atoms with E-state index in [1.165, 1.54) is 0 Å². The van der Waals surface area contributed by atoms with Crippen LogP contribution in [0.15, 0.2) is 17.0 Å². The molecule has 3 heteroatoms. The SMILES string of the molecule is Cc1cc(S)c(C(=O)O)cc1C. The molecule has 0 radical (unpaired) electrons. The van der Waals surface area contributed by atoms with E-state index in [0.29, 0.717) is 4.90 Å². The molecule has 0 saturated carbocycles. The van der Waals surface area contributed by atoms with Crippen LogP contribution in [0.3, 0.4) is 0 Å². The van der Waals surface area contributed by atoms with E-state index in [9.17, 15) is 4.79 Å². The Morgan fingerprint density at radius 2 is 1.83 bits per heavy atom. The lowest BCUT2D eigenvalue weighted by Gasteiger charge is -2.04. The Labute approximate surface area is 76.6 Å². The molecule has 0 unspecified atom stereocenters. The first-order chi connectivity index (χ1) is 5.52. The van der Waals surface area contributed by atoms with Crippen LogP contribution in [0, 0.1) is 13.8 Å². The van der Waals surface area contributed by atoms with Gasteiger partial charge < -0.3 is 5.11 Å². The molecular formula is C9H10O2S. The molecule has 0 atom stereocenters. The second kappa shape index (κ2) is 3.19. The zero-order valence-electron chi connectivity index (χ0n) is 6.96. The van der Waals surface area contributed by atoms with Gasteiger partial charge in [0.25, 0.3) is 0 Å². The van der Waals surface area contributed by atoms with Gasteiger partial charge in [-0.3, -0.25) is 0 Å². The Kier molecular flexibility index (Phi) is 2.43. The van der Waals surface area contributed by atoms with Gasteiger partial charge in [0.1, 0.15) is 0 Å². The van der Waals surface area contributed by atoms with Crippen LogP contribution in [0.2, 0.25) is 0 Å². The van der Waals surface area contributed by atoms with E-state index in [1.54, 1.807) is 12.1 Å². The van der Waals surface area contributed by atoms with Crippen LogP contribution in [0.1, 0.15) is 21.5 Å². The Morgan fingerprint density at radius 3 is 2.33 bits per heavy atom. The van der Waals surface area contributed by atoms with E-state index in [1.807, 2.05) is 13.8 Å². The van der Waals surface area contributed by atoms with Crippen LogP contribution in [0.4, 0.5) is 0 Å². The molecule has 1 aromatic rings. The highest BCUT2D eigenvalue weighted by molar-refractivity contribution is 7.80. The first kappa shape index (κ1) is 9.13. The molecule has 0 aliphatic carbocycles. The minimum absolute atomic E-state index is 0.265. The molecule has 12 heavy (non-hydrogen) atoms. The van der Waals surface area contributed by atoms with Gasteiger partial charge >= 0.3 is 5.97 Å². The lowest BCUT2D eigenvalue weighted by atomic mass is 10.1. The Hall–Kier alpha value is -0.960. The molecule has 0 bridgehead atoms. The largest absolute Gasteiger partial charge is 0.478 e. The van der Waals surface area contributed by atoms with Gasteiger partial charge in [-0.1, -0.05) is 0 Å². The minimum atomic E-state index is -0.928. The van der Waals surface area contributed by atoms with Crippen LogP contribution >= 0.6 is 12.6 Å². The van der Waals surface area contributed by atoms with Crippen molar-refractivity contribution in [3.05, 3.63) is 28.8 Å². The third-order valence-electron chi connectivity index (χ3n) is 1.84. The molecule has 64 valence electrons. The number of hydrogen-bond acceptors (Lipinski definition) is 2. The normalized spacial score (nSPS) is 9.92. The van der Waals surface area contributed by atoms with E-state index in [0.717, 1.165) is 11.1 Å². The maximum absolute atomic E-state index is 10.6. The third kappa shape index (κ3) is 1.61. The van der Waals surface area contributed by atoms with Crippen LogP contribution in [-0.4, -0.2) is 11.1 Å². The van der Waals surface area contributed by atoms with Crippen molar-refractivity contribution in [2.24, 2.45) is 0 Å². The van der Waals surface area contributed by atoms with Gasteiger partial charge in [0, 0.05) is 4.90 Å². The predicted molar refractivity (Wildman–Crippen MR) is 50.1 cm³/mol. The fourth-order valence-electron chi connectivity index (χ4n) is 0.972. The van der Waals surface area contributed by atoms with E-state index in [4.69, 9.17) is 5.11 Å². The number of carboxylic acids is 1. The Morgan fingerprint density at radius 1 is 1.33 bits per heavy atom. The summed E-state index contributed by atoms with van der Waals surface area (Å²) in [5, 5.41) is 8.73. The Balaban J connectivity index is 3.33. The first-order valence-corrected chi connectivity index (χ1v) is 4.00. The summed E-state index contributed by atoms with van der Waals surface area (Å²) in [6, 6.07) is 3.40. The number of rotatable bonds is 1. The summed E-state index contributed by atoms with van der Waals surface area (Å²) < 4.78 is 0. The molecule has 0 aromatic heterocycles. The van der Waals surface area contributed by atoms with Crippen molar-refractivity contribution in [3.8, 4) is 0 Å². The first-order valence-electron chi connectivity index (χ1n) is 3.56. The average molecular weight is 182 g/mol. The van der Waals surface area contributed by atoms with Gasteiger partial charge in [0.15, 0.2) is 0 Å². The van der Waals surface area contributed by atoms with Crippen molar-refractivity contribution in [2.75, 3.05) is 0 Å². The van der Waals surface area contributed by atoms with Crippen molar-refractivity contribution >= 4 is 18.6 Å². The fraction of sp³-hybridized carbons (Fsp3) is 0.222. The number of aromatic carboxylic acids is 1. The maximum Gasteiger partial charge on any atom is 0.336 e. The molecule has 1 aromatic carbocycles. The summed E-state index contributed by atoms with van der Waals surface area (Å²) in [6.45, 7) is 3.82. The van der Waals surface area contributed by atoms with Gasteiger partial charge in [-0.05, 0) is 37.1 Å². The van der Waals surface area contributed by atoms with Gasteiger partial charge in [-0.2, -0.15) is 0 Å². The molecule has 0 amide bonds. The fourth-order valence-corrected chi connectivity index (χ4v) is 1.33. The number of carbonyl (C=O) groups is 1. The van der Waals surface area contributed by atoms with E-state index in [-0.39, 0.29) is 5.56 Å². The maximum atomic E-state index is 10.6. The van der Waals surface area contributed by atoms with Gasteiger partial charge in [0.2, 0.25) is 0 Å². The van der Waals surface area contributed by atoms with E-state index in [2.05, 4.69) is 12.6 Å². The summed E-state index contributed by atoms with van der Waals surface area (Å²) in [5.41, 5.74) is 2.30. The lowest BCUT2D eigenvalue weighted by Crippen LogP contribution is -1.99. The monoisotopic (exact) mass is 182 g/mol. The molecule has 0 spiro atoms. The number of thiol groups is 1. The summed E-state index contributed by atoms with van der Waals surface area (Å²) in [5.74, 6) is -0.928. The van der Waals surface area contributed by atoms with Crippen LogP contribution in [-0.2, 0) is 0 Å². The van der Waals surface area contributed by atoms with Crippen molar-refractivity contribution in [1.82, 2.24) is 0 Å². The molecule has 0 aliphatic rings. The molecular weight excluding hydrogens is 172 g/mol. The zero-order chi connectivity index (χ0) is 9.30. The summed E-state index contributed by atoms with van der Waals surface area (Å²) in [7, 11) is 0. The second-order valence-corrected chi connectivity index (χ2v) is 3.24. The highest BCUT2D eigenvalue weighted by Crippen LogP contribution is 2.18. The number of benzene rings is 1. The van der Waals surface area contributed by atoms with Crippen molar-refractivity contribution in [2.45, 2.75) is 18.7 Å². The third-order valence-corrected chi connectivity index (χ3v) is 2.21. The number of aryl methyl sites for hydroxylation is 2. The number of carboxylic acid groups (broad SMARTS) is 1. The quantitative estimate of drug-likeness (QED) is 0.654. The smallest absolute Gasteiger partial charge is 0.336 e. The average Bonchev–Trinajstić information content (AvgIpc) is 1.96. The molecule has 2 nitrogen and oxygen atoms in total. The van der Waals surface area contributed by atoms with Crippen LogP contribution < -0.4 is 0 Å². The summed E-state index contributed by atoms with van der Waals surface area (Å²) in [6.07, 6.45) is 0. The molecule has 1 N–H and O–H groups in total. The second-order valence-electron chi connectivity index (χ2n) is 2.76.